The number of pyridine rings is 1. The molecule has 1 aliphatic rings. The van der Waals surface area contributed by atoms with E-state index in [1.54, 1.807) is 12.3 Å². The second-order valence-electron chi connectivity index (χ2n) is 5.76. The van der Waals surface area contributed by atoms with Gasteiger partial charge in [-0.05, 0) is 17.7 Å². The maximum Gasteiger partial charge on any atom is 0.435 e. The predicted molar refractivity (Wildman–Crippen MR) is 93.4 cm³/mol. The number of halogens is 1. The molecular formula is C18H15ClN4O2. The molecule has 7 heteroatoms. The zero-order valence-electron chi connectivity index (χ0n) is 13.3. The maximum absolute atomic E-state index is 12.2. The van der Waals surface area contributed by atoms with Gasteiger partial charge in [0.05, 0.1) is 12.2 Å². The van der Waals surface area contributed by atoms with Gasteiger partial charge in [-0.25, -0.2) is 9.78 Å². The predicted octanol–water partition coefficient (Wildman–Crippen LogP) is 3.64. The summed E-state index contributed by atoms with van der Waals surface area (Å²) in [6, 6.07) is 15.1. The molecule has 3 heterocycles. The van der Waals surface area contributed by atoms with Crippen molar-refractivity contribution in [3.63, 3.8) is 0 Å². The first-order valence-corrected chi connectivity index (χ1v) is 8.23. The summed E-state index contributed by atoms with van der Waals surface area (Å²) >= 11 is 5.94. The van der Waals surface area contributed by atoms with Gasteiger partial charge in [0.15, 0.2) is 0 Å². The molecule has 126 valence electrons. The molecule has 0 amide bonds. The molecule has 25 heavy (non-hydrogen) atoms. The van der Waals surface area contributed by atoms with Crippen LogP contribution in [-0.4, -0.2) is 20.9 Å². The van der Waals surface area contributed by atoms with Crippen molar-refractivity contribution in [1.29, 1.82) is 0 Å². The minimum absolute atomic E-state index is 0.225. The van der Waals surface area contributed by atoms with Crippen LogP contribution >= 0.6 is 11.6 Å². The van der Waals surface area contributed by atoms with Crippen LogP contribution in [0.3, 0.4) is 0 Å². The summed E-state index contributed by atoms with van der Waals surface area (Å²) in [4.78, 5) is 18.5. The molecule has 4 rings (SSSR count). The fraction of sp³-hybridized carbons (Fsp3) is 0.167. The zero-order valence-corrected chi connectivity index (χ0v) is 14.1. The first-order chi connectivity index (χ1) is 12.2. The fourth-order valence-corrected chi connectivity index (χ4v) is 2.93. The number of fused-ring (bicyclic) bond motifs is 1. The summed E-state index contributed by atoms with van der Waals surface area (Å²) in [5.74, 6) is 0.795. The Hall–Kier alpha value is -2.86. The molecule has 0 N–H and O–H groups in total. The Morgan fingerprint density at radius 3 is 2.72 bits per heavy atom. The number of carbonyl (C=O) groups excluding carboxylic acids is 1. The molecule has 3 aromatic rings. The van der Waals surface area contributed by atoms with Gasteiger partial charge in [0.2, 0.25) is 0 Å². The Bertz CT molecular complexity index is 887. The molecule has 1 aliphatic heterocycles. The number of anilines is 1. The summed E-state index contributed by atoms with van der Waals surface area (Å²) in [5.41, 5.74) is 2.77. The summed E-state index contributed by atoms with van der Waals surface area (Å²) in [7, 11) is 0. The largest absolute Gasteiger partial charge is 0.443 e. The van der Waals surface area contributed by atoms with E-state index in [1.165, 1.54) is 4.68 Å². The Morgan fingerprint density at radius 1 is 1.12 bits per heavy atom. The smallest absolute Gasteiger partial charge is 0.435 e. The molecule has 0 atom stereocenters. The number of hydrogen-bond acceptors (Lipinski definition) is 5. The second kappa shape index (κ2) is 6.57. The van der Waals surface area contributed by atoms with Crippen LogP contribution in [0.2, 0.25) is 5.15 Å². The number of benzene rings is 1. The SMILES string of the molecule is O=C(OCc1ccccc1)n1cc2c(n1)CN(c1cccc(Cl)n1)C2. The van der Waals surface area contributed by atoms with E-state index in [2.05, 4.69) is 15.0 Å². The van der Waals surface area contributed by atoms with E-state index in [4.69, 9.17) is 16.3 Å². The molecule has 0 saturated carbocycles. The van der Waals surface area contributed by atoms with Gasteiger partial charge in [-0.15, -0.1) is 0 Å². The summed E-state index contributed by atoms with van der Waals surface area (Å²) in [6.07, 6.45) is 1.23. The topological polar surface area (TPSA) is 60.3 Å². The second-order valence-corrected chi connectivity index (χ2v) is 6.15. The van der Waals surface area contributed by atoms with E-state index >= 15 is 0 Å². The average Bonchev–Trinajstić information content (AvgIpc) is 3.20. The Balaban J connectivity index is 1.41. The van der Waals surface area contributed by atoms with Crippen LogP contribution in [0.4, 0.5) is 10.6 Å². The Labute approximate surface area is 149 Å². The highest BCUT2D eigenvalue weighted by atomic mass is 35.5. The summed E-state index contributed by atoms with van der Waals surface area (Å²) < 4.78 is 6.56. The van der Waals surface area contributed by atoms with Crippen LogP contribution in [-0.2, 0) is 24.4 Å². The molecule has 6 nitrogen and oxygen atoms in total. The van der Waals surface area contributed by atoms with Crippen molar-refractivity contribution in [2.24, 2.45) is 0 Å². The molecule has 0 radical (unpaired) electrons. The van der Waals surface area contributed by atoms with E-state index in [9.17, 15) is 4.79 Å². The van der Waals surface area contributed by atoms with Crippen LogP contribution in [0.1, 0.15) is 16.8 Å². The molecule has 0 unspecified atom stereocenters. The summed E-state index contributed by atoms with van der Waals surface area (Å²) in [6.45, 7) is 1.44. The zero-order chi connectivity index (χ0) is 17.2. The van der Waals surface area contributed by atoms with Crippen LogP contribution in [0.5, 0.6) is 0 Å². The van der Waals surface area contributed by atoms with Crippen molar-refractivity contribution in [3.8, 4) is 0 Å². The molecule has 0 bridgehead atoms. The first-order valence-electron chi connectivity index (χ1n) is 7.85. The maximum atomic E-state index is 12.2. The van der Waals surface area contributed by atoms with Gasteiger partial charge in [0.1, 0.15) is 17.6 Å². The van der Waals surface area contributed by atoms with Gasteiger partial charge >= 0.3 is 6.09 Å². The number of ether oxygens (including phenoxy) is 1. The van der Waals surface area contributed by atoms with Crippen molar-refractivity contribution in [3.05, 3.63) is 76.7 Å². The lowest BCUT2D eigenvalue weighted by atomic mass is 10.2. The van der Waals surface area contributed by atoms with Crippen molar-refractivity contribution < 1.29 is 9.53 Å². The first kappa shape index (κ1) is 15.7. The standard InChI is InChI=1S/C18H15ClN4O2/c19-16-7-4-8-17(20-16)22-9-14-10-23(21-15(14)11-22)18(24)25-12-13-5-2-1-3-6-13/h1-8,10H,9,11-12H2. The third kappa shape index (κ3) is 3.34. The van der Waals surface area contributed by atoms with Crippen LogP contribution < -0.4 is 4.90 Å². The lowest BCUT2D eigenvalue weighted by Crippen LogP contribution is -2.19. The number of carbonyl (C=O) groups is 1. The van der Waals surface area contributed by atoms with Crippen molar-refractivity contribution in [2.75, 3.05) is 4.90 Å². The third-order valence-corrected chi connectivity index (χ3v) is 4.21. The van der Waals surface area contributed by atoms with Gasteiger partial charge < -0.3 is 9.64 Å². The minimum atomic E-state index is -0.481. The van der Waals surface area contributed by atoms with Gasteiger partial charge in [-0.1, -0.05) is 48.0 Å². The highest BCUT2D eigenvalue weighted by Gasteiger charge is 2.25. The molecule has 0 spiro atoms. The van der Waals surface area contributed by atoms with Crippen molar-refractivity contribution >= 4 is 23.5 Å². The van der Waals surface area contributed by atoms with E-state index < -0.39 is 6.09 Å². The normalized spacial score (nSPS) is 12.9. The Kier molecular flexibility index (Phi) is 4.11. The monoisotopic (exact) mass is 354 g/mol. The van der Waals surface area contributed by atoms with Gasteiger partial charge in [-0.3, -0.25) is 0 Å². The highest BCUT2D eigenvalue weighted by molar-refractivity contribution is 6.29. The van der Waals surface area contributed by atoms with Gasteiger partial charge in [-0.2, -0.15) is 9.78 Å². The summed E-state index contributed by atoms with van der Waals surface area (Å²) in [5, 5.41) is 4.80. The van der Waals surface area contributed by atoms with E-state index in [0.29, 0.717) is 18.2 Å². The van der Waals surface area contributed by atoms with E-state index in [1.807, 2.05) is 42.5 Å². The number of rotatable bonds is 3. The number of aromatic nitrogens is 3. The lowest BCUT2D eigenvalue weighted by Gasteiger charge is -2.16. The molecule has 0 aliphatic carbocycles. The van der Waals surface area contributed by atoms with Crippen molar-refractivity contribution in [2.45, 2.75) is 19.7 Å². The van der Waals surface area contributed by atoms with Gasteiger partial charge in [0.25, 0.3) is 0 Å². The Morgan fingerprint density at radius 2 is 1.96 bits per heavy atom. The fourth-order valence-electron chi connectivity index (χ4n) is 2.77. The highest BCUT2D eigenvalue weighted by Crippen LogP contribution is 2.26. The van der Waals surface area contributed by atoms with Crippen LogP contribution in [0.15, 0.2) is 54.7 Å². The molecule has 0 fully saturated rings. The van der Waals surface area contributed by atoms with E-state index in [-0.39, 0.29) is 6.61 Å². The van der Waals surface area contributed by atoms with Crippen molar-refractivity contribution in [1.82, 2.24) is 14.8 Å². The molecular weight excluding hydrogens is 340 g/mol. The lowest BCUT2D eigenvalue weighted by molar-refractivity contribution is 0.137. The molecule has 1 aromatic carbocycles. The number of hydrogen-bond donors (Lipinski definition) is 0. The molecule has 0 saturated heterocycles. The number of nitrogens with zero attached hydrogens (tertiary/aromatic N) is 4. The van der Waals surface area contributed by atoms with Crippen LogP contribution in [0, 0.1) is 0 Å². The minimum Gasteiger partial charge on any atom is -0.443 e. The van der Waals surface area contributed by atoms with Crippen LogP contribution in [0.25, 0.3) is 0 Å². The van der Waals surface area contributed by atoms with Gasteiger partial charge in [0, 0.05) is 18.3 Å². The average molecular weight is 355 g/mol. The van der Waals surface area contributed by atoms with E-state index in [0.717, 1.165) is 22.6 Å². The molecule has 2 aromatic heterocycles. The third-order valence-electron chi connectivity index (χ3n) is 4.00. The quantitative estimate of drug-likeness (QED) is 0.672.